The number of ether oxygens (including phenoxy) is 6. The van der Waals surface area contributed by atoms with Gasteiger partial charge in [0.1, 0.15) is 48.5 Å². The third kappa shape index (κ3) is 10.7. The molecule has 71 heavy (non-hydrogen) atoms. The first-order chi connectivity index (χ1) is 34.3. The second-order valence-corrected chi connectivity index (χ2v) is 19.6. The molecular formula is C43H49N11O15P2. The highest BCUT2D eigenvalue weighted by Gasteiger charge is 2.56. The number of fused-ring (bicyclic) bond motifs is 4. The summed E-state index contributed by atoms with van der Waals surface area (Å²) in [5, 5.41) is 10.7. The van der Waals surface area contributed by atoms with Crippen molar-refractivity contribution in [2.45, 2.75) is 88.3 Å². The van der Waals surface area contributed by atoms with Gasteiger partial charge in [-0.1, -0.05) is 60.7 Å². The average molecular weight is 1020 g/mol. The predicted molar refractivity (Wildman–Crippen MR) is 246 cm³/mol. The zero-order valence-corrected chi connectivity index (χ0v) is 39.7. The summed E-state index contributed by atoms with van der Waals surface area (Å²) < 4.78 is 83.5. The molecule has 6 N–H and O–H groups in total. The highest BCUT2D eigenvalue weighted by molar-refractivity contribution is 7.61. The summed E-state index contributed by atoms with van der Waals surface area (Å²) in [7, 11) is -10.8. The lowest BCUT2D eigenvalue weighted by molar-refractivity contribution is -0.149. The van der Waals surface area contributed by atoms with Crippen LogP contribution in [-0.2, 0) is 63.8 Å². The summed E-state index contributed by atoms with van der Waals surface area (Å²) in [5.74, 6) is 0.135. The van der Waals surface area contributed by atoms with Crippen molar-refractivity contribution in [2.75, 3.05) is 36.9 Å². The molecule has 26 nitrogen and oxygen atoms in total. The van der Waals surface area contributed by atoms with Crippen LogP contribution in [0.5, 0.6) is 0 Å². The number of anilines is 2. The fourth-order valence-corrected chi connectivity index (χ4v) is 10.9. The molecule has 10 rings (SSSR count). The smallest absolute Gasteiger partial charge is 0.347 e. The second kappa shape index (κ2) is 20.7. The van der Waals surface area contributed by atoms with Crippen LogP contribution < -0.4 is 21.3 Å². The molecule has 0 saturated carbocycles. The first-order valence-corrected chi connectivity index (χ1v) is 25.6. The Labute approximate surface area is 403 Å². The Morgan fingerprint density at radius 2 is 1.11 bits per heavy atom. The molecule has 0 bridgehead atoms. The van der Waals surface area contributed by atoms with E-state index in [1.54, 1.807) is 29.0 Å². The number of carbonyl (C=O) groups is 2. The van der Waals surface area contributed by atoms with Gasteiger partial charge in [-0.25, -0.2) is 43.6 Å². The normalized spacial score (nSPS) is 27.5. The van der Waals surface area contributed by atoms with Crippen LogP contribution in [0.3, 0.4) is 0 Å². The van der Waals surface area contributed by atoms with Gasteiger partial charge in [0.05, 0.1) is 31.6 Å². The summed E-state index contributed by atoms with van der Waals surface area (Å²) in [5.41, 5.74) is 3.40. The molecule has 12 atom stereocenters. The standard InChI is InChI=1S/C43H49N11O15P2/c1-3-44-42(55)51-26-15-16-46-38-31(26)49-22-53(38)40-35-33(65-29(67-35)17-24-11-7-5-8-12-24)27(63-40)19-61-70(57,58)69-71(59,60)62-20-28-34-36(68-30(66-34)18-25-13-9-6-10-14-25)41(64-28)54-23-50-32-37(47-21-48-39(32)54)52-43(56)45-4-2/h5-16,21-23,27-30,33-36,40-41H,3-4,17-20H2,1-2H3,(H,57,58)(H,59,60)(H2,44,46,51,55)(H2,45,47,48,52,56)/t27-,28-,29?,30?,33+,34?,35?,36?,40-,41-/m1/s1. The van der Waals surface area contributed by atoms with Crippen molar-refractivity contribution >= 4 is 61.5 Å². The zero-order chi connectivity index (χ0) is 49.3. The Morgan fingerprint density at radius 1 is 0.620 bits per heavy atom. The van der Waals surface area contributed by atoms with E-state index in [1.807, 2.05) is 60.7 Å². The van der Waals surface area contributed by atoms with Gasteiger partial charge in [-0.05, 0) is 31.0 Å². The lowest BCUT2D eigenvalue weighted by atomic mass is 10.1. The monoisotopic (exact) mass is 1020 g/mol. The van der Waals surface area contributed by atoms with Gasteiger partial charge in [-0.2, -0.15) is 4.31 Å². The number of hydrogen-bond donors (Lipinski definition) is 6. The predicted octanol–water partition coefficient (Wildman–Crippen LogP) is 4.31. The maximum atomic E-state index is 13.5. The Morgan fingerprint density at radius 3 is 1.65 bits per heavy atom. The number of pyridine rings is 1. The van der Waals surface area contributed by atoms with E-state index in [9.17, 15) is 28.5 Å². The molecule has 4 aliphatic rings. The van der Waals surface area contributed by atoms with E-state index in [0.717, 1.165) is 11.1 Å². The molecule has 0 aliphatic carbocycles. The van der Waals surface area contributed by atoms with Gasteiger partial charge in [-0.3, -0.25) is 23.5 Å². The number of hydrogen-bond acceptors (Lipinski definition) is 18. The van der Waals surface area contributed by atoms with Crippen molar-refractivity contribution in [3.63, 3.8) is 0 Å². The Kier molecular flexibility index (Phi) is 14.2. The summed E-state index contributed by atoms with van der Waals surface area (Å²) >= 11 is 0. The molecule has 7 unspecified atom stereocenters. The van der Waals surface area contributed by atoms with Crippen LogP contribution in [0.1, 0.15) is 37.4 Å². The maximum absolute atomic E-state index is 13.5. The Bertz CT molecular complexity index is 2760. The highest BCUT2D eigenvalue weighted by Crippen LogP contribution is 2.61. The van der Waals surface area contributed by atoms with Crippen molar-refractivity contribution in [3.8, 4) is 0 Å². The van der Waals surface area contributed by atoms with E-state index >= 15 is 0 Å². The van der Waals surface area contributed by atoms with Gasteiger partial charge in [0.25, 0.3) is 0 Å². The molecule has 4 aliphatic heterocycles. The fraction of sp³-hybridized carbons (Fsp3) is 0.419. The van der Waals surface area contributed by atoms with Crippen LogP contribution in [-0.4, -0.2) is 131 Å². The molecule has 2 aromatic carbocycles. The number of aromatic nitrogens is 7. The number of phosphoric ester groups is 2. The SMILES string of the molecule is CCNC(=O)Nc1ncnc2c1ncn2[C@@H]1O[C@H](COP(=O)(O)OP(=O)(O)OC[C@H]2O[C@@H](n3cnc4c(NC(=O)NCC)ccnc43)C3OC(Cc4ccccc4)O[C@H]32)C2OC(Cc3ccccc3)OC21. The van der Waals surface area contributed by atoms with Gasteiger partial charge in [0.15, 0.2) is 47.7 Å². The summed E-state index contributed by atoms with van der Waals surface area (Å²) in [6.07, 6.45) is -2.86. The first kappa shape index (κ1) is 48.8. The molecular weight excluding hydrogens is 972 g/mol. The second-order valence-electron chi connectivity index (χ2n) is 16.6. The third-order valence-electron chi connectivity index (χ3n) is 11.8. The molecule has 4 saturated heterocycles. The van der Waals surface area contributed by atoms with E-state index in [1.165, 1.54) is 25.2 Å². The largest absolute Gasteiger partial charge is 0.481 e. The van der Waals surface area contributed by atoms with Crippen molar-refractivity contribution in [2.24, 2.45) is 0 Å². The van der Waals surface area contributed by atoms with Crippen LogP contribution in [0.25, 0.3) is 22.3 Å². The first-order valence-electron chi connectivity index (χ1n) is 22.6. The van der Waals surface area contributed by atoms with E-state index in [0.29, 0.717) is 42.8 Å². The summed E-state index contributed by atoms with van der Waals surface area (Å²) in [6.45, 7) is 2.96. The number of benzene rings is 2. The van der Waals surface area contributed by atoms with E-state index in [4.69, 9.17) is 41.8 Å². The van der Waals surface area contributed by atoms with Gasteiger partial charge < -0.3 is 54.2 Å². The molecule has 376 valence electrons. The number of nitrogens with one attached hydrogen (secondary N) is 4. The number of carbonyl (C=O) groups excluding carboxylic acids is 2. The molecule has 0 radical (unpaired) electrons. The van der Waals surface area contributed by atoms with Crippen molar-refractivity contribution in [3.05, 3.63) is 103 Å². The minimum atomic E-state index is -5.40. The lowest BCUT2D eigenvalue weighted by Gasteiger charge is -2.23. The minimum Gasteiger partial charge on any atom is -0.347 e. The number of imidazole rings is 2. The summed E-state index contributed by atoms with van der Waals surface area (Å²) in [6, 6.07) is 19.6. The number of rotatable bonds is 18. The number of nitrogens with zero attached hydrogens (tertiary/aromatic N) is 7. The maximum Gasteiger partial charge on any atom is 0.481 e. The third-order valence-corrected chi connectivity index (χ3v) is 14.4. The highest BCUT2D eigenvalue weighted by atomic mass is 31.3. The van der Waals surface area contributed by atoms with Gasteiger partial charge in [-0.15, -0.1) is 0 Å². The van der Waals surface area contributed by atoms with Crippen LogP contribution >= 0.6 is 15.6 Å². The number of amides is 4. The molecule has 0 spiro atoms. The Hall–Kier alpha value is -5.83. The molecule has 4 fully saturated rings. The molecule has 4 amide bonds. The van der Waals surface area contributed by atoms with Crippen LogP contribution in [0.2, 0.25) is 0 Å². The molecule has 6 aromatic rings. The van der Waals surface area contributed by atoms with E-state index in [-0.39, 0.29) is 17.0 Å². The fourth-order valence-electron chi connectivity index (χ4n) is 8.82. The summed E-state index contributed by atoms with van der Waals surface area (Å²) in [4.78, 5) is 68.5. The molecule has 4 aromatic heterocycles. The van der Waals surface area contributed by atoms with Crippen LogP contribution in [0.15, 0.2) is 91.9 Å². The van der Waals surface area contributed by atoms with E-state index < -0.39 is 103 Å². The average Bonchev–Trinajstić information content (AvgIpc) is 4.21. The van der Waals surface area contributed by atoms with Gasteiger partial charge >= 0.3 is 27.7 Å². The molecule has 8 heterocycles. The van der Waals surface area contributed by atoms with Crippen molar-refractivity contribution in [1.29, 1.82) is 0 Å². The van der Waals surface area contributed by atoms with E-state index in [2.05, 4.69) is 46.2 Å². The lowest BCUT2D eigenvalue weighted by Crippen LogP contribution is -2.32. The van der Waals surface area contributed by atoms with Crippen molar-refractivity contribution in [1.82, 2.24) is 44.7 Å². The quantitative estimate of drug-likeness (QED) is 0.0654. The minimum absolute atomic E-state index is 0.135. The van der Waals surface area contributed by atoms with Gasteiger partial charge in [0, 0.05) is 32.1 Å². The van der Waals surface area contributed by atoms with Crippen LogP contribution in [0.4, 0.5) is 21.1 Å². The van der Waals surface area contributed by atoms with Crippen LogP contribution in [0, 0.1) is 0 Å². The number of phosphoric acid groups is 2. The molecule has 28 heteroatoms. The number of urea groups is 2. The van der Waals surface area contributed by atoms with Crippen molar-refractivity contribution < 1.29 is 70.3 Å². The topological polar surface area (TPSA) is 314 Å². The Balaban J connectivity index is 0.826. The zero-order valence-electron chi connectivity index (χ0n) is 37.9. The van der Waals surface area contributed by atoms with Gasteiger partial charge in [0.2, 0.25) is 0 Å².